The molecular weight excluding hydrogens is 362 g/mol. The van der Waals surface area contributed by atoms with Crippen LogP contribution in [-0.2, 0) is 4.79 Å². The Hall–Kier alpha value is -2.67. The van der Waals surface area contributed by atoms with E-state index in [0.717, 1.165) is 33.5 Å². The second-order valence-electron chi connectivity index (χ2n) is 6.52. The molecule has 2 heterocycles. The summed E-state index contributed by atoms with van der Waals surface area (Å²) < 4.78 is 5.23. The predicted molar refractivity (Wildman–Crippen MR) is 109 cm³/mol. The third-order valence-electron chi connectivity index (χ3n) is 4.72. The highest BCUT2D eigenvalue weighted by molar-refractivity contribution is 7.17. The summed E-state index contributed by atoms with van der Waals surface area (Å²) in [5.74, 6) is 1.05. The van der Waals surface area contributed by atoms with Crippen LogP contribution < -0.4 is 10.1 Å². The van der Waals surface area contributed by atoms with Crippen molar-refractivity contribution in [3.05, 3.63) is 35.5 Å². The molecule has 0 bridgehead atoms. The van der Waals surface area contributed by atoms with E-state index in [-0.39, 0.29) is 5.92 Å². The van der Waals surface area contributed by atoms with Crippen LogP contribution in [0, 0.1) is 12.8 Å². The van der Waals surface area contributed by atoms with Gasteiger partial charge in [0.1, 0.15) is 28.3 Å². The molecule has 2 N–H and O–H groups in total. The molecule has 0 spiro atoms. The maximum atomic E-state index is 11.8. The number of hydrogen-bond donors (Lipinski definition) is 2. The fourth-order valence-electron chi connectivity index (χ4n) is 2.97. The molecule has 3 rings (SSSR count). The highest BCUT2D eigenvalue weighted by atomic mass is 32.1. The smallest absolute Gasteiger partial charge is 0.326 e. The molecule has 2 unspecified atom stereocenters. The number of nitrogens with zero attached hydrogens (tertiary/aromatic N) is 2. The van der Waals surface area contributed by atoms with Crippen LogP contribution in [0.25, 0.3) is 21.3 Å². The fourth-order valence-corrected chi connectivity index (χ4v) is 3.96. The minimum absolute atomic E-state index is 0.0316. The summed E-state index contributed by atoms with van der Waals surface area (Å²) in [6, 6.07) is 7.05. The number of benzene rings is 1. The topological polar surface area (TPSA) is 84.3 Å². The quantitative estimate of drug-likeness (QED) is 0.619. The standard InChI is InChI=1S/C20H23N3O3S/c1-5-11(2)17(20(24)25)23-18-16-15(10-27-19(16)22-12(3)21-18)13-6-8-14(26-4)9-7-13/h6-11,17H,5H2,1-4H3,(H,24,25)(H,21,22,23). The van der Waals surface area contributed by atoms with Gasteiger partial charge in [0.2, 0.25) is 0 Å². The summed E-state index contributed by atoms with van der Waals surface area (Å²) in [7, 11) is 1.63. The molecule has 0 aliphatic rings. The average molecular weight is 385 g/mol. The van der Waals surface area contributed by atoms with Crippen molar-refractivity contribution in [2.75, 3.05) is 12.4 Å². The SMILES string of the molecule is CCC(C)C(Nc1nc(C)nc2scc(-c3ccc(OC)cc3)c12)C(=O)O. The van der Waals surface area contributed by atoms with Crippen molar-refractivity contribution in [1.29, 1.82) is 0 Å². The number of methoxy groups -OCH3 is 1. The van der Waals surface area contributed by atoms with E-state index in [1.165, 1.54) is 11.3 Å². The molecule has 2 atom stereocenters. The maximum Gasteiger partial charge on any atom is 0.326 e. The Balaban J connectivity index is 2.11. The number of aryl methyl sites for hydroxylation is 1. The summed E-state index contributed by atoms with van der Waals surface area (Å²) in [6.07, 6.45) is 0.756. The Labute approximate surface area is 162 Å². The minimum Gasteiger partial charge on any atom is -0.497 e. The van der Waals surface area contributed by atoms with E-state index in [9.17, 15) is 9.90 Å². The van der Waals surface area contributed by atoms with Gasteiger partial charge in [-0.05, 0) is 30.5 Å². The van der Waals surface area contributed by atoms with E-state index >= 15 is 0 Å². The van der Waals surface area contributed by atoms with Crippen LogP contribution in [0.5, 0.6) is 5.75 Å². The lowest BCUT2D eigenvalue weighted by Crippen LogP contribution is -2.35. The molecule has 7 heteroatoms. The van der Waals surface area contributed by atoms with Crippen molar-refractivity contribution >= 4 is 33.3 Å². The molecule has 142 valence electrons. The van der Waals surface area contributed by atoms with E-state index < -0.39 is 12.0 Å². The number of rotatable bonds is 7. The molecule has 0 saturated carbocycles. The second-order valence-corrected chi connectivity index (χ2v) is 7.38. The number of aliphatic carboxylic acids is 1. The third-order valence-corrected chi connectivity index (χ3v) is 5.59. The molecule has 0 aliphatic heterocycles. The Morgan fingerprint density at radius 3 is 2.59 bits per heavy atom. The van der Waals surface area contributed by atoms with Crippen LogP contribution in [0.1, 0.15) is 26.1 Å². The van der Waals surface area contributed by atoms with Crippen molar-refractivity contribution in [1.82, 2.24) is 9.97 Å². The van der Waals surface area contributed by atoms with Crippen LogP contribution >= 0.6 is 11.3 Å². The van der Waals surface area contributed by atoms with Gasteiger partial charge in [-0.25, -0.2) is 14.8 Å². The van der Waals surface area contributed by atoms with E-state index in [2.05, 4.69) is 15.3 Å². The first-order chi connectivity index (χ1) is 12.9. The van der Waals surface area contributed by atoms with Crippen LogP contribution in [-0.4, -0.2) is 34.2 Å². The van der Waals surface area contributed by atoms with Gasteiger partial charge in [-0.1, -0.05) is 32.4 Å². The molecule has 0 fully saturated rings. The first kappa shape index (κ1) is 19.1. The number of carboxylic acids is 1. The van der Waals surface area contributed by atoms with Gasteiger partial charge in [0, 0.05) is 10.9 Å². The molecule has 0 amide bonds. The second kappa shape index (κ2) is 7.92. The molecule has 0 radical (unpaired) electrons. The van der Waals surface area contributed by atoms with Gasteiger partial charge in [0.25, 0.3) is 0 Å². The highest BCUT2D eigenvalue weighted by Gasteiger charge is 2.26. The Morgan fingerprint density at radius 2 is 2.00 bits per heavy atom. The zero-order chi connectivity index (χ0) is 19.6. The number of carbonyl (C=O) groups is 1. The van der Waals surface area contributed by atoms with Crippen LogP contribution in [0.4, 0.5) is 5.82 Å². The van der Waals surface area contributed by atoms with E-state index in [1.807, 2.05) is 50.4 Å². The largest absolute Gasteiger partial charge is 0.497 e. The number of carboxylic acid groups (broad SMARTS) is 1. The third kappa shape index (κ3) is 3.88. The van der Waals surface area contributed by atoms with Crippen LogP contribution in [0.3, 0.4) is 0 Å². The number of fused-ring (bicyclic) bond motifs is 1. The molecule has 6 nitrogen and oxygen atoms in total. The molecule has 0 saturated heterocycles. The van der Waals surface area contributed by atoms with Crippen LogP contribution in [0.2, 0.25) is 0 Å². The van der Waals surface area contributed by atoms with Gasteiger partial charge in [-0.15, -0.1) is 11.3 Å². The number of aromatic nitrogens is 2. The van der Waals surface area contributed by atoms with E-state index in [1.54, 1.807) is 7.11 Å². The van der Waals surface area contributed by atoms with Gasteiger partial charge in [0.15, 0.2) is 0 Å². The lowest BCUT2D eigenvalue weighted by atomic mass is 9.99. The summed E-state index contributed by atoms with van der Waals surface area (Å²) in [5.41, 5.74) is 1.99. The summed E-state index contributed by atoms with van der Waals surface area (Å²) in [5, 5.41) is 15.7. The summed E-state index contributed by atoms with van der Waals surface area (Å²) >= 11 is 1.53. The molecule has 27 heavy (non-hydrogen) atoms. The number of hydrogen-bond acceptors (Lipinski definition) is 6. The van der Waals surface area contributed by atoms with E-state index in [4.69, 9.17) is 4.74 Å². The molecule has 2 aromatic heterocycles. The molecule has 0 aliphatic carbocycles. The number of thiophene rings is 1. The van der Waals surface area contributed by atoms with Crippen LogP contribution in [0.15, 0.2) is 29.6 Å². The Bertz CT molecular complexity index is 953. The number of nitrogens with one attached hydrogen (secondary N) is 1. The maximum absolute atomic E-state index is 11.8. The Kier molecular flexibility index (Phi) is 5.60. The summed E-state index contributed by atoms with van der Waals surface area (Å²) in [6.45, 7) is 5.72. The predicted octanol–water partition coefficient (Wildman–Crippen LogP) is 4.59. The fraction of sp³-hybridized carbons (Fsp3) is 0.350. The summed E-state index contributed by atoms with van der Waals surface area (Å²) in [4.78, 5) is 21.7. The zero-order valence-electron chi connectivity index (χ0n) is 15.8. The Morgan fingerprint density at radius 1 is 1.30 bits per heavy atom. The van der Waals surface area contributed by atoms with Crippen molar-refractivity contribution in [3.63, 3.8) is 0 Å². The van der Waals surface area contributed by atoms with Crippen molar-refractivity contribution in [3.8, 4) is 16.9 Å². The first-order valence-electron chi connectivity index (χ1n) is 8.84. The van der Waals surface area contributed by atoms with Gasteiger partial charge < -0.3 is 15.2 Å². The highest BCUT2D eigenvalue weighted by Crippen LogP contribution is 2.38. The monoisotopic (exact) mass is 385 g/mol. The van der Waals surface area contributed by atoms with Gasteiger partial charge >= 0.3 is 5.97 Å². The first-order valence-corrected chi connectivity index (χ1v) is 9.72. The zero-order valence-corrected chi connectivity index (χ0v) is 16.6. The van der Waals surface area contributed by atoms with Gasteiger partial charge in [-0.2, -0.15) is 0 Å². The number of anilines is 1. The van der Waals surface area contributed by atoms with Crippen molar-refractivity contribution < 1.29 is 14.6 Å². The van der Waals surface area contributed by atoms with E-state index in [0.29, 0.717) is 11.6 Å². The number of ether oxygens (including phenoxy) is 1. The van der Waals surface area contributed by atoms with Gasteiger partial charge in [0.05, 0.1) is 12.5 Å². The molecule has 1 aromatic carbocycles. The van der Waals surface area contributed by atoms with Gasteiger partial charge in [-0.3, -0.25) is 0 Å². The minimum atomic E-state index is -0.880. The normalized spacial score (nSPS) is 13.3. The average Bonchev–Trinajstić information content (AvgIpc) is 3.09. The lowest BCUT2D eigenvalue weighted by molar-refractivity contribution is -0.139. The van der Waals surface area contributed by atoms with Crippen molar-refractivity contribution in [2.24, 2.45) is 5.92 Å². The molecular formula is C20H23N3O3S. The lowest BCUT2D eigenvalue weighted by Gasteiger charge is -2.21. The molecule has 3 aromatic rings. The van der Waals surface area contributed by atoms with Crippen molar-refractivity contribution in [2.45, 2.75) is 33.2 Å².